The molecule has 7 aromatic rings. The quantitative estimate of drug-likeness (QED) is 0.143. The molecule has 0 aliphatic carbocycles. The third-order valence-electron chi connectivity index (χ3n) is 6.84. The number of carbonyl (C=O) groups is 1. The minimum absolute atomic E-state index is 0.197. The van der Waals surface area contributed by atoms with E-state index in [9.17, 15) is 18.0 Å². The van der Waals surface area contributed by atoms with Crippen LogP contribution in [0.1, 0.15) is 28.1 Å². The van der Waals surface area contributed by atoms with Gasteiger partial charge in [0.2, 0.25) is 0 Å². The van der Waals surface area contributed by atoms with E-state index in [1.165, 1.54) is 30.9 Å². The second kappa shape index (κ2) is 14.6. The van der Waals surface area contributed by atoms with Crippen molar-refractivity contribution in [3.63, 3.8) is 0 Å². The first-order valence-corrected chi connectivity index (χ1v) is 14.9. The predicted octanol–water partition coefficient (Wildman–Crippen LogP) is 6.63. The number of anilines is 2. The van der Waals surface area contributed by atoms with Gasteiger partial charge in [0, 0.05) is 29.6 Å². The number of halogens is 5. The van der Waals surface area contributed by atoms with Crippen LogP contribution in [0.5, 0.6) is 0 Å². The van der Waals surface area contributed by atoms with Gasteiger partial charge in [-0.3, -0.25) is 14.8 Å². The number of rotatable bonds is 4. The Morgan fingerprint density at radius 2 is 1.47 bits per heavy atom. The third kappa shape index (κ3) is 8.82. The van der Waals surface area contributed by atoms with E-state index in [0.29, 0.717) is 33.8 Å². The van der Waals surface area contributed by atoms with Crippen LogP contribution < -0.4 is 11.5 Å². The molecular formula is C32H25Cl2F3N10O2. The van der Waals surface area contributed by atoms with Crippen molar-refractivity contribution in [1.82, 2.24) is 39.9 Å². The molecule has 17 heteroatoms. The molecule has 49 heavy (non-hydrogen) atoms. The molecule has 12 nitrogen and oxygen atoms in total. The number of aryl methyl sites for hydroxylation is 1. The number of carboxylic acid groups (broad SMARTS) is 1. The van der Waals surface area contributed by atoms with Gasteiger partial charge >= 0.3 is 12.1 Å². The van der Waals surface area contributed by atoms with Crippen LogP contribution in [0.3, 0.4) is 0 Å². The highest BCUT2D eigenvalue weighted by Crippen LogP contribution is 2.30. The van der Waals surface area contributed by atoms with Crippen LogP contribution in [-0.4, -0.2) is 50.9 Å². The zero-order chi connectivity index (χ0) is 35.3. The summed E-state index contributed by atoms with van der Waals surface area (Å²) in [5, 5.41) is 10.6. The summed E-state index contributed by atoms with van der Waals surface area (Å²) in [4.78, 5) is 41.6. The maximum Gasteiger partial charge on any atom is 0.417 e. The van der Waals surface area contributed by atoms with E-state index < -0.39 is 17.7 Å². The fourth-order valence-electron chi connectivity index (χ4n) is 4.53. The zero-order valence-corrected chi connectivity index (χ0v) is 26.9. The molecule has 5 heterocycles. The van der Waals surface area contributed by atoms with Crippen LogP contribution in [0.4, 0.5) is 24.7 Å². The van der Waals surface area contributed by atoms with E-state index in [2.05, 4.69) is 58.1 Å². The number of nitrogen functional groups attached to an aromatic ring is 2. The van der Waals surface area contributed by atoms with Gasteiger partial charge in [-0.25, -0.2) is 24.9 Å². The van der Waals surface area contributed by atoms with Crippen molar-refractivity contribution in [2.75, 3.05) is 11.5 Å². The van der Waals surface area contributed by atoms with E-state index in [1.807, 2.05) is 19.2 Å². The van der Waals surface area contributed by atoms with Gasteiger partial charge in [-0.1, -0.05) is 35.3 Å². The molecule has 0 saturated carbocycles. The SMILES string of the molecule is Cc1cnc2ccc(Cc3nc4ncnc(Cl)c4[nH]3)cc2c1.Nc1ncnc(Cl)c1N.O=C(O)Cc1ccc2ncc(C(F)(F)F)cc2c1. The molecule has 0 atom stereocenters. The van der Waals surface area contributed by atoms with E-state index in [-0.39, 0.29) is 28.5 Å². The number of H-pyrrole nitrogens is 1. The number of hydrogen-bond donors (Lipinski definition) is 4. The Morgan fingerprint density at radius 3 is 2.12 bits per heavy atom. The number of carboxylic acids is 1. The number of imidazole rings is 1. The predicted molar refractivity (Wildman–Crippen MR) is 180 cm³/mol. The first-order chi connectivity index (χ1) is 23.3. The largest absolute Gasteiger partial charge is 0.481 e. The summed E-state index contributed by atoms with van der Waals surface area (Å²) < 4.78 is 37.5. The van der Waals surface area contributed by atoms with Gasteiger partial charge in [-0.15, -0.1) is 0 Å². The molecule has 2 aromatic carbocycles. The van der Waals surface area contributed by atoms with E-state index in [1.54, 1.807) is 0 Å². The number of aromatic amines is 1. The maximum absolute atomic E-state index is 12.5. The number of nitrogens with one attached hydrogen (secondary N) is 1. The van der Waals surface area contributed by atoms with Gasteiger partial charge in [-0.05, 0) is 60.0 Å². The topological polar surface area (TPSA) is 195 Å². The van der Waals surface area contributed by atoms with Crippen molar-refractivity contribution in [3.05, 3.63) is 112 Å². The number of alkyl halides is 3. The molecule has 0 amide bonds. The third-order valence-corrected chi connectivity index (χ3v) is 7.43. The Bertz CT molecular complexity index is 2280. The molecule has 0 spiro atoms. The molecular weight excluding hydrogens is 684 g/mol. The van der Waals surface area contributed by atoms with Gasteiger partial charge in [0.1, 0.15) is 29.7 Å². The van der Waals surface area contributed by atoms with Crippen LogP contribution in [0.15, 0.2) is 73.6 Å². The Labute approximate surface area is 285 Å². The standard InChI is InChI=1S/C16H12ClN5.C12H8F3NO2.C4H5ClN4/c1-9-4-11-5-10(2-3-12(11)18-7-9)6-13-21-14-15(17)19-8-20-16(14)22-13;13-12(14,15)9-5-8-3-7(4-11(17)18)1-2-10(8)16-6-9;5-3-2(6)4(7)9-1-8-3/h2-5,7-8H,6H2,1H3,(H,19,20,21,22);1-3,5-6H,4H2,(H,17,18);1H,6H2,(H2,7,8,9). The fourth-order valence-corrected chi connectivity index (χ4v) is 4.85. The van der Waals surface area contributed by atoms with Gasteiger partial charge in [0.25, 0.3) is 0 Å². The molecule has 0 bridgehead atoms. The van der Waals surface area contributed by atoms with Gasteiger partial charge in [-0.2, -0.15) is 13.2 Å². The highest BCUT2D eigenvalue weighted by Gasteiger charge is 2.31. The average Bonchev–Trinajstić information content (AvgIpc) is 3.47. The summed E-state index contributed by atoms with van der Waals surface area (Å²) in [6.45, 7) is 2.04. The lowest BCUT2D eigenvalue weighted by atomic mass is 10.1. The monoisotopic (exact) mass is 708 g/mol. The summed E-state index contributed by atoms with van der Waals surface area (Å²) in [6, 6.07) is 13.8. The Kier molecular flexibility index (Phi) is 10.3. The molecule has 6 N–H and O–H groups in total. The van der Waals surface area contributed by atoms with E-state index in [4.69, 9.17) is 39.8 Å². The molecule has 0 aliphatic heterocycles. The number of nitrogens with zero attached hydrogens (tertiary/aromatic N) is 7. The number of fused-ring (bicyclic) bond motifs is 3. The molecule has 0 unspecified atom stereocenters. The minimum atomic E-state index is -4.45. The minimum Gasteiger partial charge on any atom is -0.481 e. The maximum atomic E-state index is 12.5. The van der Waals surface area contributed by atoms with Crippen LogP contribution in [-0.2, 0) is 23.8 Å². The highest BCUT2D eigenvalue weighted by atomic mass is 35.5. The summed E-state index contributed by atoms with van der Waals surface area (Å²) in [6.07, 6.45) is 1.31. The van der Waals surface area contributed by atoms with Crippen molar-refractivity contribution in [1.29, 1.82) is 0 Å². The van der Waals surface area contributed by atoms with E-state index in [0.717, 1.165) is 40.1 Å². The summed E-state index contributed by atoms with van der Waals surface area (Å²) in [5.41, 5.74) is 15.4. The number of pyridine rings is 2. The molecule has 7 rings (SSSR count). The molecule has 0 saturated heterocycles. The average molecular weight is 710 g/mol. The number of benzene rings is 2. The smallest absolute Gasteiger partial charge is 0.417 e. The van der Waals surface area contributed by atoms with Crippen molar-refractivity contribution >= 4 is 73.6 Å². The molecule has 0 radical (unpaired) electrons. The van der Waals surface area contributed by atoms with Crippen molar-refractivity contribution in [2.24, 2.45) is 0 Å². The molecule has 0 aliphatic rings. The van der Waals surface area contributed by atoms with Crippen LogP contribution in [0.2, 0.25) is 10.3 Å². The number of hydrogen-bond acceptors (Lipinski definition) is 10. The van der Waals surface area contributed by atoms with Crippen LogP contribution >= 0.6 is 23.2 Å². The van der Waals surface area contributed by atoms with Crippen LogP contribution in [0, 0.1) is 6.92 Å². The van der Waals surface area contributed by atoms with Crippen LogP contribution in [0.25, 0.3) is 33.0 Å². The first kappa shape index (κ1) is 34.7. The second-order valence-electron chi connectivity index (χ2n) is 10.5. The van der Waals surface area contributed by atoms with Crippen molar-refractivity contribution < 1.29 is 23.1 Å². The lowest BCUT2D eigenvalue weighted by molar-refractivity contribution is -0.138. The summed E-state index contributed by atoms with van der Waals surface area (Å²) in [7, 11) is 0. The first-order valence-electron chi connectivity index (χ1n) is 14.2. The van der Waals surface area contributed by atoms with Crippen molar-refractivity contribution in [3.8, 4) is 0 Å². The van der Waals surface area contributed by atoms with Crippen molar-refractivity contribution in [2.45, 2.75) is 25.9 Å². The van der Waals surface area contributed by atoms with Gasteiger partial charge in [0.15, 0.2) is 21.8 Å². The number of aromatic nitrogens is 8. The van der Waals surface area contributed by atoms with Gasteiger partial charge in [0.05, 0.1) is 23.0 Å². The zero-order valence-electron chi connectivity index (χ0n) is 25.4. The molecule has 250 valence electrons. The van der Waals surface area contributed by atoms with Gasteiger partial charge < -0.3 is 21.6 Å². The normalized spacial score (nSPS) is 11.1. The summed E-state index contributed by atoms with van der Waals surface area (Å²) in [5.74, 6) is 0.00153. The highest BCUT2D eigenvalue weighted by molar-refractivity contribution is 6.33. The summed E-state index contributed by atoms with van der Waals surface area (Å²) >= 11 is 11.5. The number of aliphatic carboxylic acids is 1. The molecule has 5 aromatic heterocycles. The lowest BCUT2D eigenvalue weighted by Gasteiger charge is -2.07. The van der Waals surface area contributed by atoms with E-state index >= 15 is 0 Å². The Hall–Kier alpha value is -5.67. The number of nitrogens with two attached hydrogens (primary N) is 2. The lowest BCUT2D eigenvalue weighted by Crippen LogP contribution is -2.05. The molecule has 0 fully saturated rings. The fraction of sp³-hybridized carbons (Fsp3) is 0.125. The second-order valence-corrected chi connectivity index (χ2v) is 11.3. The Balaban J connectivity index is 0.000000156. The Morgan fingerprint density at radius 1 is 0.837 bits per heavy atom.